The summed E-state index contributed by atoms with van der Waals surface area (Å²) in [6, 6.07) is 0. The van der Waals surface area contributed by atoms with Crippen molar-refractivity contribution in [2.75, 3.05) is 112 Å². The zero-order chi connectivity index (χ0) is 65.9. The number of carbonyl (C=O) groups is 11. The fraction of sp³-hybridized carbons (Fsp3) is 0.742. The molecule has 26 heteroatoms. The summed E-state index contributed by atoms with van der Waals surface area (Å²) in [5.74, 6) is 5.43. The van der Waals surface area contributed by atoms with Crippen LogP contribution in [0.5, 0.6) is 0 Å². The minimum absolute atomic E-state index is 0.0182. The lowest BCUT2D eigenvalue weighted by Gasteiger charge is -2.64. The lowest BCUT2D eigenvalue weighted by molar-refractivity contribution is -0.225. The van der Waals surface area contributed by atoms with E-state index >= 15 is 0 Å². The molecule has 4 unspecified atom stereocenters. The second-order valence-electron chi connectivity index (χ2n) is 25.6. The number of thioether (sulfide) groups is 4. The van der Waals surface area contributed by atoms with Crippen LogP contribution < -0.4 is 26.6 Å². The van der Waals surface area contributed by atoms with E-state index in [-0.39, 0.29) is 121 Å². The van der Waals surface area contributed by atoms with Gasteiger partial charge in [0, 0.05) is 158 Å². The predicted molar refractivity (Wildman–Crippen MR) is 359 cm³/mol. The zero-order valence-corrected chi connectivity index (χ0v) is 57.5. The number of amides is 11. The molecule has 512 valence electrons. The first kappa shape index (κ1) is 74.7. The third-order valence-corrected chi connectivity index (χ3v) is 23.7. The Balaban J connectivity index is 0.929. The highest BCUT2D eigenvalue weighted by Gasteiger charge is 2.66. The van der Waals surface area contributed by atoms with Gasteiger partial charge < -0.3 is 40.8 Å². The second-order valence-corrected chi connectivity index (χ2v) is 30.3. The molecule has 4 fully saturated rings. The van der Waals surface area contributed by atoms with Gasteiger partial charge in [-0.3, -0.25) is 67.4 Å². The summed E-state index contributed by atoms with van der Waals surface area (Å²) in [5.41, 5.74) is -0.0801. The van der Waals surface area contributed by atoms with Crippen LogP contribution in [0.1, 0.15) is 136 Å². The molecule has 22 nitrogen and oxygen atoms in total. The van der Waals surface area contributed by atoms with E-state index in [2.05, 4.69) is 40.4 Å². The Morgan fingerprint density at radius 2 is 0.946 bits per heavy atom. The van der Waals surface area contributed by atoms with Crippen molar-refractivity contribution in [3.8, 4) is 0 Å². The van der Waals surface area contributed by atoms with Gasteiger partial charge in [0.2, 0.25) is 29.5 Å². The van der Waals surface area contributed by atoms with E-state index in [9.17, 15) is 52.7 Å². The number of nitrogens with one attached hydrogen (secondary N) is 5. The normalized spacial score (nSPS) is 26.4. The number of rotatable bonds is 44. The van der Waals surface area contributed by atoms with Gasteiger partial charge in [-0.1, -0.05) is 13.8 Å². The Bertz CT molecular complexity index is 2600. The van der Waals surface area contributed by atoms with Crippen LogP contribution >= 0.6 is 47.0 Å². The molecule has 4 saturated carbocycles. The summed E-state index contributed by atoms with van der Waals surface area (Å²) in [7, 11) is 0. The highest BCUT2D eigenvalue weighted by molar-refractivity contribution is 7.99. The van der Waals surface area contributed by atoms with Gasteiger partial charge >= 0.3 is 0 Å². The molecule has 0 aromatic carbocycles. The highest BCUT2D eigenvalue weighted by atomic mass is 32.2. The average Bonchev–Trinajstić information content (AvgIpc) is 1.26. The summed E-state index contributed by atoms with van der Waals surface area (Å²) >= 11 is 6.91. The van der Waals surface area contributed by atoms with Crippen LogP contribution in [0.3, 0.4) is 0 Å². The van der Waals surface area contributed by atoms with E-state index in [1.807, 2.05) is 0 Å². The molecule has 4 aliphatic carbocycles. The summed E-state index contributed by atoms with van der Waals surface area (Å²) in [6.07, 6.45) is 20.9. The van der Waals surface area contributed by atoms with E-state index in [4.69, 9.17) is 14.2 Å². The SMILES string of the molecule is CC(=O)NCSCCNC(=O)CCC[C@@H]1CCC2C3C(C[C@H](OCCCSCCNC(=O)CCN4C(=O)C=CC4=O)[C@@]21C)[C@@]1(C)CC[C@@H](OCCCSCCNC(=O)CCCN2C(=O)C=CC2=O)CC1C[C@H]3OCCCSCCNC(=O)CCCN1C(=O)C=CC1=O. The minimum Gasteiger partial charge on any atom is -0.378 e. The first-order valence-electron chi connectivity index (χ1n) is 33.5. The molecule has 10 atom stereocenters. The second kappa shape index (κ2) is 38.7. The van der Waals surface area contributed by atoms with Crippen LogP contribution in [-0.2, 0) is 67.0 Å². The molecule has 92 heavy (non-hydrogen) atoms. The molecular weight excluding hydrogens is 1260 g/mol. The molecule has 0 aromatic rings. The number of ether oxygens (including phenoxy) is 3. The van der Waals surface area contributed by atoms with Crippen molar-refractivity contribution in [2.45, 2.75) is 155 Å². The monoisotopic (exact) mass is 1360 g/mol. The molecule has 0 bridgehead atoms. The lowest BCUT2D eigenvalue weighted by Crippen LogP contribution is -2.63. The van der Waals surface area contributed by atoms with Gasteiger partial charge in [-0.25, -0.2) is 0 Å². The first-order valence-corrected chi connectivity index (χ1v) is 38.1. The van der Waals surface area contributed by atoms with Crippen molar-refractivity contribution >= 4 is 112 Å². The van der Waals surface area contributed by atoms with Gasteiger partial charge in [-0.2, -0.15) is 35.3 Å². The van der Waals surface area contributed by atoms with E-state index in [0.29, 0.717) is 106 Å². The Kier molecular flexibility index (Phi) is 31.4. The molecule has 7 rings (SSSR count). The van der Waals surface area contributed by atoms with E-state index < -0.39 is 11.8 Å². The zero-order valence-electron chi connectivity index (χ0n) is 54.2. The maximum atomic E-state index is 13.2. The fourth-order valence-electron chi connectivity index (χ4n) is 14.9. The molecule has 0 saturated heterocycles. The van der Waals surface area contributed by atoms with Crippen molar-refractivity contribution in [1.82, 2.24) is 41.3 Å². The summed E-state index contributed by atoms with van der Waals surface area (Å²) in [4.78, 5) is 137. The molecule has 0 spiro atoms. The van der Waals surface area contributed by atoms with Crippen LogP contribution in [0.4, 0.5) is 0 Å². The third-order valence-electron chi connectivity index (χ3n) is 19.7. The number of fused-ring (bicyclic) bond motifs is 5. The number of nitrogens with zero attached hydrogens (tertiary/aromatic N) is 3. The van der Waals surface area contributed by atoms with Crippen molar-refractivity contribution in [2.24, 2.45) is 40.4 Å². The van der Waals surface area contributed by atoms with Gasteiger partial charge in [-0.15, -0.1) is 11.8 Å². The smallest absolute Gasteiger partial charge is 0.253 e. The van der Waals surface area contributed by atoms with Gasteiger partial charge in [-0.05, 0) is 148 Å². The van der Waals surface area contributed by atoms with Crippen LogP contribution in [0.15, 0.2) is 36.5 Å². The van der Waals surface area contributed by atoms with E-state index in [1.54, 1.807) is 47.0 Å². The van der Waals surface area contributed by atoms with Crippen LogP contribution in [0.25, 0.3) is 0 Å². The van der Waals surface area contributed by atoms with Gasteiger partial charge in [0.05, 0.1) is 24.2 Å². The Morgan fingerprint density at radius 3 is 1.46 bits per heavy atom. The van der Waals surface area contributed by atoms with Crippen molar-refractivity contribution in [1.29, 1.82) is 0 Å². The number of carbonyl (C=O) groups excluding carboxylic acids is 11. The van der Waals surface area contributed by atoms with Crippen molar-refractivity contribution < 1.29 is 67.0 Å². The Labute approximate surface area is 560 Å². The topological polar surface area (TPSA) is 285 Å². The Hall–Kier alpha value is -4.73. The molecule has 7 aliphatic rings. The van der Waals surface area contributed by atoms with E-state index in [0.717, 1.165) is 126 Å². The summed E-state index contributed by atoms with van der Waals surface area (Å²) in [6.45, 7) is 11.1. The van der Waals surface area contributed by atoms with Gasteiger partial charge in [0.25, 0.3) is 35.4 Å². The maximum Gasteiger partial charge on any atom is 0.253 e. The van der Waals surface area contributed by atoms with Crippen LogP contribution in [-0.4, -0.2) is 210 Å². The first-order chi connectivity index (χ1) is 44.4. The summed E-state index contributed by atoms with van der Waals surface area (Å²) < 4.78 is 21.2. The number of imide groups is 3. The molecule has 3 aliphatic heterocycles. The molecule has 3 heterocycles. The van der Waals surface area contributed by atoms with Gasteiger partial charge in [0.15, 0.2) is 0 Å². The maximum absolute atomic E-state index is 13.2. The molecular formula is C66H100N8O14S4. The molecule has 0 aromatic heterocycles. The highest BCUT2D eigenvalue weighted by Crippen LogP contribution is 2.69. The molecule has 11 amide bonds. The van der Waals surface area contributed by atoms with Crippen molar-refractivity contribution in [3.63, 3.8) is 0 Å². The van der Waals surface area contributed by atoms with Gasteiger partial charge in [0.1, 0.15) is 0 Å². The predicted octanol–water partition coefficient (Wildman–Crippen LogP) is 5.58. The average molecular weight is 1360 g/mol. The minimum atomic E-state index is -0.396. The molecule has 5 N–H and O–H groups in total. The Morgan fingerprint density at radius 1 is 0.489 bits per heavy atom. The largest absolute Gasteiger partial charge is 0.378 e. The number of hydrogen-bond donors (Lipinski definition) is 5. The fourth-order valence-corrected chi connectivity index (χ4v) is 17.9. The van der Waals surface area contributed by atoms with Crippen molar-refractivity contribution in [3.05, 3.63) is 36.5 Å². The lowest BCUT2D eigenvalue weighted by atomic mass is 9.43. The standard InChI is InChI=1S/C66H100N8O14S4/c1-46(75)71-45-92-41-28-69-54(76)11-4-10-47-14-15-50-64-51(44-53(66(47,50)3)88-34-9-37-91-40-27-70-57(79)23-31-74-62(84)20-21-63(74)85)65(2)24-22-49(86-32-7-35-89-38-25-67-55(77)12-5-29-72-58(80)16-17-59(72)81)42-48(65)43-52(64)87-33-8-36-90-39-26-68-56(78)13-6-30-73-60(82)18-19-61(73)83/h16-21,47-53,64H,4-15,22-45H2,1-3H3,(H,67,77)(H,68,78)(H,69,76)(H,70,79)(H,71,75)/t47-,48?,49-,50?,51?,52-,53+,64?,65+,66-/m1/s1. The quantitative estimate of drug-likeness (QED) is 0.0283. The molecule has 0 radical (unpaired) electrons. The summed E-state index contributed by atoms with van der Waals surface area (Å²) in [5, 5.41) is 14.7. The van der Waals surface area contributed by atoms with Crippen LogP contribution in [0, 0.1) is 40.4 Å². The number of hydrogen-bond acceptors (Lipinski definition) is 18. The third kappa shape index (κ3) is 22.4. The van der Waals surface area contributed by atoms with Crippen LogP contribution in [0.2, 0.25) is 0 Å². The van der Waals surface area contributed by atoms with E-state index in [1.165, 1.54) is 43.4 Å².